The minimum Gasteiger partial charge on any atom is -0.480 e. The Morgan fingerprint density at radius 1 is 1.04 bits per heavy atom. The Labute approximate surface area is 168 Å². The van der Waals surface area contributed by atoms with Gasteiger partial charge in [0.15, 0.2) is 0 Å². The highest BCUT2D eigenvalue weighted by Crippen LogP contribution is 2.44. The zero-order valence-corrected chi connectivity index (χ0v) is 17.2. The van der Waals surface area contributed by atoms with Crippen LogP contribution in [0.1, 0.15) is 5.56 Å². The average molecular weight is 401 g/mol. The first-order valence-corrected chi connectivity index (χ1v) is 9.64. The molecule has 2 aromatic carbocycles. The molecular weight excluding hydrogens is 376 g/mol. The van der Waals surface area contributed by atoms with E-state index in [1.54, 1.807) is 16.7 Å². The number of carboxylic acid groups (broad SMARTS) is 1. The molecular formula is C20H24N4O3S. The molecule has 1 aliphatic heterocycles. The molecule has 0 atom stereocenters. The topological polar surface area (TPSA) is 76.1 Å². The van der Waals surface area contributed by atoms with Crippen molar-refractivity contribution in [1.82, 2.24) is 5.32 Å². The number of hydrogen-bond acceptors (Lipinski definition) is 5. The van der Waals surface area contributed by atoms with Crippen LogP contribution in [0.15, 0.2) is 46.2 Å². The van der Waals surface area contributed by atoms with E-state index in [9.17, 15) is 9.59 Å². The van der Waals surface area contributed by atoms with Gasteiger partial charge in [-0.05, 0) is 35.9 Å². The number of carbonyl (C=O) groups is 2. The van der Waals surface area contributed by atoms with Crippen LogP contribution < -0.4 is 20.0 Å². The molecule has 0 fully saturated rings. The molecule has 7 nitrogen and oxygen atoms in total. The maximum absolute atomic E-state index is 12.7. The number of benzene rings is 2. The summed E-state index contributed by atoms with van der Waals surface area (Å²) in [6, 6.07) is 11.7. The molecule has 2 amide bonds. The van der Waals surface area contributed by atoms with E-state index in [0.29, 0.717) is 6.54 Å². The molecule has 0 bridgehead atoms. The van der Waals surface area contributed by atoms with Crippen molar-refractivity contribution in [2.75, 3.05) is 49.4 Å². The lowest BCUT2D eigenvalue weighted by Gasteiger charge is -2.24. The second kappa shape index (κ2) is 8.02. The van der Waals surface area contributed by atoms with Crippen LogP contribution in [0, 0.1) is 0 Å². The number of fused-ring (bicyclic) bond motifs is 2. The standard InChI is InChI=1S/C20H24N4O3S/c1-22(2)14-6-5-13-12-24(20(27)21-11-19(25)26)16-8-7-15(23(3)4)10-18(16)28-17(13)9-14/h5-10H,11-12H2,1-4H3,(H,21,27)(H,25,26). The van der Waals surface area contributed by atoms with E-state index < -0.39 is 18.5 Å². The zero-order valence-electron chi connectivity index (χ0n) is 16.4. The summed E-state index contributed by atoms with van der Waals surface area (Å²) in [6.45, 7) is -0.0458. The Kier molecular flexibility index (Phi) is 5.69. The van der Waals surface area contributed by atoms with Crippen LogP contribution in [0.25, 0.3) is 0 Å². The molecule has 2 N–H and O–H groups in total. The molecule has 0 aromatic heterocycles. The first-order chi connectivity index (χ1) is 13.3. The normalized spacial score (nSPS) is 12.5. The minimum atomic E-state index is -1.07. The Morgan fingerprint density at radius 3 is 2.25 bits per heavy atom. The van der Waals surface area contributed by atoms with Gasteiger partial charge in [0.2, 0.25) is 0 Å². The van der Waals surface area contributed by atoms with Gasteiger partial charge < -0.3 is 20.2 Å². The zero-order chi connectivity index (χ0) is 20.4. The van der Waals surface area contributed by atoms with E-state index in [2.05, 4.69) is 17.4 Å². The highest BCUT2D eigenvalue weighted by Gasteiger charge is 2.26. The smallest absolute Gasteiger partial charge is 0.323 e. The molecule has 28 heavy (non-hydrogen) atoms. The summed E-state index contributed by atoms with van der Waals surface area (Å²) in [5.74, 6) is -1.07. The first kappa shape index (κ1) is 19.9. The molecule has 0 saturated heterocycles. The summed E-state index contributed by atoms with van der Waals surface area (Å²) in [5.41, 5.74) is 3.90. The van der Waals surface area contributed by atoms with Gasteiger partial charge in [-0.3, -0.25) is 9.69 Å². The fraction of sp³-hybridized carbons (Fsp3) is 0.300. The number of carbonyl (C=O) groups excluding carboxylic acids is 1. The Hall–Kier alpha value is -2.87. The lowest BCUT2D eigenvalue weighted by Crippen LogP contribution is -2.41. The molecule has 1 aliphatic rings. The number of amides is 2. The Balaban J connectivity index is 2.06. The number of nitrogens with zero attached hydrogens (tertiary/aromatic N) is 3. The molecule has 0 radical (unpaired) electrons. The fourth-order valence-corrected chi connectivity index (χ4v) is 4.08. The summed E-state index contributed by atoms with van der Waals surface area (Å²) < 4.78 is 0. The second-order valence-electron chi connectivity index (χ2n) is 6.97. The van der Waals surface area contributed by atoms with Crippen molar-refractivity contribution < 1.29 is 14.7 Å². The highest BCUT2D eigenvalue weighted by molar-refractivity contribution is 7.99. The third-order valence-corrected chi connectivity index (χ3v) is 5.65. The number of aliphatic carboxylic acids is 1. The summed E-state index contributed by atoms with van der Waals surface area (Å²) in [5, 5.41) is 11.4. The number of rotatable bonds is 4. The van der Waals surface area contributed by atoms with Gasteiger partial charge in [-0.2, -0.15) is 0 Å². The molecule has 3 rings (SSSR count). The molecule has 8 heteroatoms. The summed E-state index contributed by atoms with van der Waals surface area (Å²) in [7, 11) is 7.93. The van der Waals surface area contributed by atoms with E-state index in [1.807, 2.05) is 62.3 Å². The van der Waals surface area contributed by atoms with Crippen LogP contribution in [0.4, 0.5) is 21.9 Å². The predicted octanol–water partition coefficient (Wildman–Crippen LogP) is 3.08. The van der Waals surface area contributed by atoms with Crippen molar-refractivity contribution in [3.05, 3.63) is 42.0 Å². The molecule has 0 unspecified atom stereocenters. The number of carboxylic acids is 1. The fourth-order valence-electron chi connectivity index (χ4n) is 2.93. The van der Waals surface area contributed by atoms with Crippen LogP contribution in [-0.4, -0.2) is 51.8 Å². The summed E-state index contributed by atoms with van der Waals surface area (Å²) in [4.78, 5) is 31.3. The van der Waals surface area contributed by atoms with Crippen LogP contribution in [0.2, 0.25) is 0 Å². The van der Waals surface area contributed by atoms with Gasteiger partial charge in [0.25, 0.3) is 0 Å². The Bertz CT molecular complexity index is 914. The number of anilines is 3. The minimum absolute atomic E-state index is 0.371. The molecule has 148 valence electrons. The van der Waals surface area contributed by atoms with Gasteiger partial charge in [0.05, 0.1) is 12.2 Å². The number of urea groups is 1. The third-order valence-electron chi connectivity index (χ3n) is 4.50. The summed E-state index contributed by atoms with van der Waals surface area (Å²) in [6.07, 6.45) is 0. The van der Waals surface area contributed by atoms with Crippen molar-refractivity contribution in [3.8, 4) is 0 Å². The van der Waals surface area contributed by atoms with Crippen molar-refractivity contribution in [2.24, 2.45) is 0 Å². The van der Waals surface area contributed by atoms with E-state index in [0.717, 1.165) is 32.4 Å². The van der Waals surface area contributed by atoms with Crippen molar-refractivity contribution in [1.29, 1.82) is 0 Å². The van der Waals surface area contributed by atoms with Crippen molar-refractivity contribution in [3.63, 3.8) is 0 Å². The van der Waals surface area contributed by atoms with E-state index in [4.69, 9.17) is 5.11 Å². The van der Waals surface area contributed by atoms with E-state index in [1.165, 1.54) is 0 Å². The first-order valence-electron chi connectivity index (χ1n) is 8.83. The van der Waals surface area contributed by atoms with Gasteiger partial charge in [0.1, 0.15) is 6.54 Å². The van der Waals surface area contributed by atoms with Gasteiger partial charge in [-0.15, -0.1) is 0 Å². The van der Waals surface area contributed by atoms with Gasteiger partial charge >= 0.3 is 12.0 Å². The highest BCUT2D eigenvalue weighted by atomic mass is 32.2. The predicted molar refractivity (Wildman–Crippen MR) is 113 cm³/mol. The maximum atomic E-state index is 12.7. The average Bonchev–Trinajstić information content (AvgIpc) is 2.81. The van der Waals surface area contributed by atoms with E-state index in [-0.39, 0.29) is 0 Å². The monoisotopic (exact) mass is 400 g/mol. The lowest BCUT2D eigenvalue weighted by molar-refractivity contribution is -0.135. The third kappa shape index (κ3) is 4.17. The van der Waals surface area contributed by atoms with Crippen molar-refractivity contribution in [2.45, 2.75) is 16.3 Å². The quantitative estimate of drug-likeness (QED) is 0.821. The van der Waals surface area contributed by atoms with Crippen LogP contribution >= 0.6 is 11.8 Å². The number of nitrogens with one attached hydrogen (secondary N) is 1. The van der Waals surface area contributed by atoms with Crippen LogP contribution in [0.3, 0.4) is 0 Å². The van der Waals surface area contributed by atoms with Crippen LogP contribution in [0.5, 0.6) is 0 Å². The van der Waals surface area contributed by atoms with Gasteiger partial charge in [0, 0.05) is 49.4 Å². The summed E-state index contributed by atoms with van der Waals surface area (Å²) >= 11 is 1.62. The maximum Gasteiger partial charge on any atom is 0.323 e. The van der Waals surface area contributed by atoms with Gasteiger partial charge in [-0.25, -0.2) is 4.79 Å². The number of hydrogen-bond donors (Lipinski definition) is 2. The SMILES string of the molecule is CN(C)c1ccc2c(c1)Sc1cc(N(C)C)ccc1N(C(=O)NCC(=O)O)C2. The van der Waals surface area contributed by atoms with Gasteiger partial charge in [-0.1, -0.05) is 17.8 Å². The Morgan fingerprint density at radius 2 is 1.64 bits per heavy atom. The molecule has 1 heterocycles. The van der Waals surface area contributed by atoms with Crippen molar-refractivity contribution >= 4 is 40.8 Å². The largest absolute Gasteiger partial charge is 0.480 e. The molecule has 0 spiro atoms. The van der Waals surface area contributed by atoms with Crippen LogP contribution in [-0.2, 0) is 11.3 Å². The second-order valence-corrected chi connectivity index (χ2v) is 8.06. The van der Waals surface area contributed by atoms with E-state index >= 15 is 0 Å². The lowest BCUT2D eigenvalue weighted by atomic mass is 10.1. The molecule has 2 aromatic rings. The molecule has 0 aliphatic carbocycles. The molecule has 0 saturated carbocycles.